The molecular weight excluding hydrogens is 410 g/mol. The maximum absolute atomic E-state index is 9.14. The first-order valence-electron chi connectivity index (χ1n) is 3.69. The highest BCUT2D eigenvalue weighted by Crippen LogP contribution is 2.32. The van der Waals surface area contributed by atoms with Crippen molar-refractivity contribution in [3.8, 4) is 0 Å². The minimum Gasteiger partial charge on any atom is -0.392 e. The molecule has 0 radical (unpaired) electrons. The number of hydrogen-bond donors (Lipinski definition) is 1. The molecule has 0 amide bonds. The average Bonchev–Trinajstić information content (AvgIpc) is 2.60. The molecule has 0 fully saturated rings. The molecule has 1 aromatic carbocycles. The van der Waals surface area contributed by atoms with Crippen LogP contribution < -0.4 is 0 Å². The second-order valence-electron chi connectivity index (χ2n) is 2.65. The lowest BCUT2D eigenvalue weighted by atomic mass is 10.2. The lowest BCUT2D eigenvalue weighted by Crippen LogP contribution is -1.89. The van der Waals surface area contributed by atoms with Gasteiger partial charge in [-0.05, 0) is 68.3 Å². The average molecular weight is 416 g/mol. The van der Waals surface area contributed by atoms with E-state index in [1.54, 1.807) is 11.3 Å². The van der Waals surface area contributed by atoms with Crippen LogP contribution in [-0.4, -0.2) is 5.11 Å². The zero-order valence-electron chi connectivity index (χ0n) is 6.55. The van der Waals surface area contributed by atoms with Crippen LogP contribution in [0.15, 0.2) is 17.5 Å². The van der Waals surface area contributed by atoms with Crippen LogP contribution in [0.2, 0.25) is 0 Å². The van der Waals surface area contributed by atoms with Gasteiger partial charge in [-0.3, -0.25) is 0 Å². The van der Waals surface area contributed by atoms with Gasteiger partial charge < -0.3 is 5.11 Å². The van der Waals surface area contributed by atoms with E-state index < -0.39 is 0 Å². The third-order valence-electron chi connectivity index (χ3n) is 1.88. The summed E-state index contributed by atoms with van der Waals surface area (Å²) in [7, 11) is 0. The van der Waals surface area contributed by atoms with Crippen LogP contribution in [0.5, 0.6) is 0 Å². The van der Waals surface area contributed by atoms with Crippen LogP contribution in [0.3, 0.4) is 0 Å². The van der Waals surface area contributed by atoms with Gasteiger partial charge in [0, 0.05) is 17.2 Å². The highest BCUT2D eigenvalue weighted by atomic mass is 127. The monoisotopic (exact) mass is 416 g/mol. The molecule has 1 heterocycles. The van der Waals surface area contributed by atoms with Gasteiger partial charge in [-0.25, -0.2) is 0 Å². The van der Waals surface area contributed by atoms with Crippen molar-refractivity contribution in [1.82, 2.24) is 0 Å². The van der Waals surface area contributed by atoms with E-state index in [-0.39, 0.29) is 6.61 Å². The number of fused-ring (bicyclic) bond motifs is 1. The Labute approximate surface area is 107 Å². The number of aliphatic hydroxyl groups excluding tert-OH is 1. The Hall–Kier alpha value is 0.600. The van der Waals surface area contributed by atoms with Crippen LogP contribution in [0.1, 0.15) is 5.56 Å². The topological polar surface area (TPSA) is 20.2 Å². The van der Waals surface area contributed by atoms with Gasteiger partial charge in [-0.1, -0.05) is 0 Å². The number of halogens is 2. The van der Waals surface area contributed by atoms with E-state index >= 15 is 0 Å². The Morgan fingerprint density at radius 2 is 2.15 bits per heavy atom. The van der Waals surface area contributed by atoms with Crippen molar-refractivity contribution in [2.45, 2.75) is 6.61 Å². The molecule has 4 heteroatoms. The number of rotatable bonds is 1. The molecule has 2 aromatic rings. The van der Waals surface area contributed by atoms with Gasteiger partial charge in [-0.2, -0.15) is 0 Å². The highest BCUT2D eigenvalue weighted by Gasteiger charge is 2.08. The molecule has 0 bridgehead atoms. The summed E-state index contributed by atoms with van der Waals surface area (Å²) in [5.41, 5.74) is 1.03. The van der Waals surface area contributed by atoms with Crippen LogP contribution in [0, 0.1) is 7.14 Å². The third-order valence-corrected chi connectivity index (χ3v) is 5.30. The molecule has 0 saturated carbocycles. The Morgan fingerprint density at radius 3 is 2.85 bits per heavy atom. The van der Waals surface area contributed by atoms with Crippen LogP contribution in [0.4, 0.5) is 0 Å². The number of hydrogen-bond acceptors (Lipinski definition) is 2. The fraction of sp³-hybridized carbons (Fsp3) is 0.111. The minimum absolute atomic E-state index is 0.127. The largest absolute Gasteiger partial charge is 0.392 e. The summed E-state index contributed by atoms with van der Waals surface area (Å²) in [5, 5.41) is 12.5. The van der Waals surface area contributed by atoms with Gasteiger partial charge in [0.25, 0.3) is 0 Å². The minimum atomic E-state index is 0.127. The summed E-state index contributed by atoms with van der Waals surface area (Å²) >= 11 is 6.35. The Kier molecular flexibility index (Phi) is 3.11. The predicted molar refractivity (Wildman–Crippen MR) is 73.2 cm³/mol. The lowest BCUT2D eigenvalue weighted by Gasteiger charge is -2.03. The van der Waals surface area contributed by atoms with Crippen LogP contribution in [0.25, 0.3) is 10.1 Å². The van der Waals surface area contributed by atoms with Crippen molar-refractivity contribution in [3.63, 3.8) is 0 Å². The van der Waals surface area contributed by atoms with Gasteiger partial charge in [-0.15, -0.1) is 11.3 Å². The zero-order valence-corrected chi connectivity index (χ0v) is 11.7. The van der Waals surface area contributed by atoms with E-state index in [2.05, 4.69) is 62.7 Å². The molecule has 0 spiro atoms. The van der Waals surface area contributed by atoms with Crippen molar-refractivity contribution in [1.29, 1.82) is 0 Å². The van der Waals surface area contributed by atoms with Gasteiger partial charge in [0.05, 0.1) is 6.61 Å². The Morgan fingerprint density at radius 1 is 1.38 bits per heavy atom. The molecule has 68 valence electrons. The summed E-state index contributed by atoms with van der Waals surface area (Å²) < 4.78 is 3.69. The molecule has 13 heavy (non-hydrogen) atoms. The van der Waals surface area contributed by atoms with E-state index in [4.69, 9.17) is 5.11 Å². The summed E-state index contributed by atoms with van der Waals surface area (Å²) in [6.45, 7) is 0.127. The van der Waals surface area contributed by atoms with E-state index in [1.165, 1.54) is 17.2 Å². The van der Waals surface area contributed by atoms with Crippen molar-refractivity contribution in [2.24, 2.45) is 0 Å². The summed E-state index contributed by atoms with van der Waals surface area (Å²) in [5.74, 6) is 0. The molecule has 1 aromatic heterocycles. The first-order valence-corrected chi connectivity index (χ1v) is 6.72. The molecule has 0 aliphatic carbocycles. The quantitative estimate of drug-likeness (QED) is 0.705. The first-order chi connectivity index (χ1) is 6.24. The van der Waals surface area contributed by atoms with Crippen molar-refractivity contribution < 1.29 is 5.11 Å². The van der Waals surface area contributed by atoms with Gasteiger partial charge in [0.2, 0.25) is 0 Å². The smallest absolute Gasteiger partial charge is 0.0693 e. The molecule has 1 nitrogen and oxygen atoms in total. The molecule has 0 aliphatic rings. The van der Waals surface area contributed by atoms with Crippen molar-refractivity contribution in [3.05, 3.63) is 30.2 Å². The van der Waals surface area contributed by atoms with E-state index in [1.807, 2.05) is 0 Å². The summed E-state index contributed by atoms with van der Waals surface area (Å²) in [6.07, 6.45) is 0. The van der Waals surface area contributed by atoms with E-state index in [0.717, 1.165) is 5.56 Å². The van der Waals surface area contributed by atoms with E-state index in [0.29, 0.717) is 0 Å². The maximum atomic E-state index is 9.14. The molecule has 0 unspecified atom stereocenters. The highest BCUT2D eigenvalue weighted by molar-refractivity contribution is 14.1. The Balaban J connectivity index is 2.85. The predicted octanol–water partition coefficient (Wildman–Crippen LogP) is 3.60. The number of thiophene rings is 1. The SMILES string of the molecule is OCc1cc(I)c2ccsc2c1I. The third kappa shape index (κ3) is 1.73. The standard InChI is InChI=1S/C9H6I2OS/c10-7-3-5(4-12)8(11)9-6(7)1-2-13-9/h1-3,12H,4H2. The first kappa shape index (κ1) is 10.1. The molecule has 0 atom stereocenters. The molecular formula is C9H6I2OS. The molecule has 1 N–H and O–H groups in total. The second kappa shape index (κ2) is 4.00. The lowest BCUT2D eigenvalue weighted by molar-refractivity contribution is 0.281. The molecule has 0 saturated heterocycles. The summed E-state index contributed by atoms with van der Waals surface area (Å²) in [6, 6.07) is 4.18. The van der Waals surface area contributed by atoms with Gasteiger partial charge in [0.15, 0.2) is 0 Å². The second-order valence-corrected chi connectivity index (χ2v) is 5.81. The van der Waals surface area contributed by atoms with Crippen molar-refractivity contribution in [2.75, 3.05) is 0 Å². The maximum Gasteiger partial charge on any atom is 0.0693 e. The summed E-state index contributed by atoms with van der Waals surface area (Å²) in [4.78, 5) is 0. The van der Waals surface area contributed by atoms with Gasteiger partial charge >= 0.3 is 0 Å². The van der Waals surface area contributed by atoms with Crippen molar-refractivity contribution >= 4 is 66.6 Å². The van der Waals surface area contributed by atoms with Crippen LogP contribution in [-0.2, 0) is 6.61 Å². The molecule has 0 aliphatic heterocycles. The zero-order chi connectivity index (χ0) is 9.42. The van der Waals surface area contributed by atoms with Gasteiger partial charge in [0.1, 0.15) is 0 Å². The normalized spacial score (nSPS) is 11.0. The van der Waals surface area contributed by atoms with Crippen LogP contribution >= 0.6 is 56.5 Å². The number of aliphatic hydroxyl groups is 1. The Bertz CT molecular complexity index is 450. The number of benzene rings is 1. The molecule has 2 rings (SSSR count). The fourth-order valence-electron chi connectivity index (χ4n) is 1.22. The fourth-order valence-corrected chi connectivity index (χ4v) is 4.11. The van der Waals surface area contributed by atoms with E-state index in [9.17, 15) is 0 Å².